The topological polar surface area (TPSA) is 42.2 Å². The molecule has 0 aliphatic heterocycles. The summed E-state index contributed by atoms with van der Waals surface area (Å²) >= 11 is 1.52. The minimum atomic E-state index is 0.650. The maximum Gasteiger partial charge on any atom is 0.142 e. The summed E-state index contributed by atoms with van der Waals surface area (Å²) in [6.45, 7) is 0.905. The molecular weight excluding hydrogens is 242 g/mol. The normalized spacial score (nSPS) is 14.7. The second kappa shape index (κ2) is 4.61. The van der Waals surface area contributed by atoms with Gasteiger partial charge in [0.25, 0.3) is 0 Å². The van der Waals surface area contributed by atoms with Crippen molar-refractivity contribution in [2.75, 3.05) is 17.7 Å². The quantitative estimate of drug-likeness (QED) is 0.916. The maximum absolute atomic E-state index is 5.99. The fraction of sp³-hybridized carbons (Fsp3) is 0.357. The fourth-order valence-electron chi connectivity index (χ4n) is 2.26. The third-order valence-electron chi connectivity index (χ3n) is 3.33. The van der Waals surface area contributed by atoms with Gasteiger partial charge in [0, 0.05) is 19.2 Å². The van der Waals surface area contributed by atoms with E-state index < -0.39 is 0 Å². The number of rotatable bonds is 4. The number of anilines is 2. The van der Waals surface area contributed by atoms with Gasteiger partial charge in [-0.1, -0.05) is 30.3 Å². The fourth-order valence-corrected chi connectivity index (χ4v) is 3.12. The molecule has 94 valence electrons. The van der Waals surface area contributed by atoms with Crippen molar-refractivity contribution in [3.05, 3.63) is 41.5 Å². The highest BCUT2D eigenvalue weighted by Crippen LogP contribution is 2.48. The van der Waals surface area contributed by atoms with E-state index in [4.69, 9.17) is 5.73 Å². The van der Waals surface area contributed by atoms with Gasteiger partial charge in [0.15, 0.2) is 0 Å². The van der Waals surface area contributed by atoms with Crippen molar-refractivity contribution in [1.82, 2.24) is 4.37 Å². The molecule has 0 atom stereocenters. The van der Waals surface area contributed by atoms with Gasteiger partial charge in [-0.15, -0.1) is 0 Å². The Labute approximate surface area is 111 Å². The highest BCUT2D eigenvalue weighted by Gasteiger charge is 2.31. The smallest absolute Gasteiger partial charge is 0.142 e. The molecule has 3 rings (SSSR count). The Hall–Kier alpha value is -1.55. The average molecular weight is 259 g/mol. The second-order valence-corrected chi connectivity index (χ2v) is 5.65. The van der Waals surface area contributed by atoms with E-state index in [9.17, 15) is 0 Å². The molecule has 0 bridgehead atoms. The number of benzene rings is 1. The summed E-state index contributed by atoms with van der Waals surface area (Å²) in [5.41, 5.74) is 8.58. The highest BCUT2D eigenvalue weighted by molar-refractivity contribution is 7.10. The number of nitrogen functional groups attached to an aromatic ring is 1. The Morgan fingerprint density at radius 1 is 1.33 bits per heavy atom. The molecule has 3 nitrogen and oxygen atoms in total. The molecule has 1 heterocycles. The summed E-state index contributed by atoms with van der Waals surface area (Å²) in [6, 6.07) is 10.5. The molecule has 4 heteroatoms. The summed E-state index contributed by atoms with van der Waals surface area (Å²) in [6.07, 6.45) is 2.52. The Morgan fingerprint density at radius 3 is 2.72 bits per heavy atom. The van der Waals surface area contributed by atoms with Gasteiger partial charge in [0.2, 0.25) is 0 Å². The van der Waals surface area contributed by atoms with Crippen LogP contribution in [0.2, 0.25) is 0 Å². The van der Waals surface area contributed by atoms with Gasteiger partial charge in [-0.2, -0.15) is 4.37 Å². The Kier molecular flexibility index (Phi) is 2.96. The lowest BCUT2D eigenvalue weighted by atomic mass is 10.2. The molecule has 1 fully saturated rings. The van der Waals surface area contributed by atoms with Crippen LogP contribution in [0.25, 0.3) is 0 Å². The van der Waals surface area contributed by atoms with Gasteiger partial charge in [-0.3, -0.25) is 0 Å². The Balaban J connectivity index is 1.82. The predicted octanol–water partition coefficient (Wildman–Crippen LogP) is 3.24. The van der Waals surface area contributed by atoms with Crippen LogP contribution in [0.4, 0.5) is 10.8 Å². The van der Waals surface area contributed by atoms with Gasteiger partial charge in [-0.05, 0) is 35.9 Å². The maximum atomic E-state index is 5.99. The van der Waals surface area contributed by atoms with Crippen LogP contribution in [0.15, 0.2) is 30.3 Å². The van der Waals surface area contributed by atoms with Crippen molar-refractivity contribution in [3.8, 4) is 0 Å². The van der Waals surface area contributed by atoms with Crippen molar-refractivity contribution < 1.29 is 0 Å². The first kappa shape index (κ1) is 11.5. The van der Waals surface area contributed by atoms with E-state index in [1.807, 2.05) is 6.07 Å². The van der Waals surface area contributed by atoms with Gasteiger partial charge >= 0.3 is 0 Å². The zero-order valence-corrected chi connectivity index (χ0v) is 11.3. The molecule has 0 spiro atoms. The summed E-state index contributed by atoms with van der Waals surface area (Å²) < 4.78 is 4.32. The van der Waals surface area contributed by atoms with E-state index in [1.54, 1.807) is 0 Å². The van der Waals surface area contributed by atoms with Gasteiger partial charge in [0.05, 0.1) is 0 Å². The zero-order valence-electron chi connectivity index (χ0n) is 10.5. The van der Waals surface area contributed by atoms with E-state index in [0.29, 0.717) is 5.92 Å². The van der Waals surface area contributed by atoms with Crippen molar-refractivity contribution in [1.29, 1.82) is 0 Å². The first-order chi connectivity index (χ1) is 8.75. The summed E-state index contributed by atoms with van der Waals surface area (Å²) in [4.78, 5) is 2.26. The average Bonchev–Trinajstić information content (AvgIpc) is 3.13. The molecule has 0 radical (unpaired) electrons. The molecule has 2 N–H and O–H groups in total. The number of nitrogens with two attached hydrogens (primary N) is 1. The number of hydrogen-bond donors (Lipinski definition) is 1. The summed E-state index contributed by atoms with van der Waals surface area (Å²) in [5, 5.41) is 1.24. The van der Waals surface area contributed by atoms with Crippen LogP contribution in [0.1, 0.15) is 29.9 Å². The third-order valence-corrected chi connectivity index (χ3v) is 4.32. The van der Waals surface area contributed by atoms with Crippen molar-refractivity contribution in [2.45, 2.75) is 25.3 Å². The SMILES string of the molecule is CN(Cc1ccccc1)c1snc(N)c1C1CC1. The van der Waals surface area contributed by atoms with Gasteiger partial charge < -0.3 is 10.6 Å². The number of aromatic nitrogens is 1. The van der Waals surface area contributed by atoms with Crippen LogP contribution in [-0.2, 0) is 6.54 Å². The third kappa shape index (κ3) is 2.20. The monoisotopic (exact) mass is 259 g/mol. The number of hydrogen-bond acceptors (Lipinski definition) is 4. The van der Waals surface area contributed by atoms with Crippen LogP contribution in [-0.4, -0.2) is 11.4 Å². The lowest BCUT2D eigenvalue weighted by Gasteiger charge is -2.18. The van der Waals surface area contributed by atoms with Crippen LogP contribution >= 0.6 is 11.5 Å². The van der Waals surface area contributed by atoms with Crippen molar-refractivity contribution in [3.63, 3.8) is 0 Å². The minimum absolute atomic E-state index is 0.650. The van der Waals surface area contributed by atoms with E-state index in [-0.39, 0.29) is 0 Å². The molecule has 1 aliphatic rings. The first-order valence-electron chi connectivity index (χ1n) is 6.26. The van der Waals surface area contributed by atoms with E-state index in [1.165, 1.54) is 40.5 Å². The standard InChI is InChI=1S/C14H17N3S/c1-17(9-10-5-3-2-4-6-10)14-12(11-7-8-11)13(15)16-18-14/h2-6,11H,7-9H2,1H3,(H2,15,16). The molecule has 18 heavy (non-hydrogen) atoms. The van der Waals surface area contributed by atoms with E-state index in [2.05, 4.69) is 40.6 Å². The molecule has 0 amide bonds. The molecule has 1 aromatic heterocycles. The molecule has 2 aromatic rings. The largest absolute Gasteiger partial charge is 0.383 e. The molecule has 1 saturated carbocycles. The summed E-state index contributed by atoms with van der Waals surface area (Å²) in [5.74, 6) is 1.38. The highest BCUT2D eigenvalue weighted by atomic mass is 32.1. The minimum Gasteiger partial charge on any atom is -0.383 e. The molecule has 1 aromatic carbocycles. The van der Waals surface area contributed by atoms with Crippen LogP contribution in [0.3, 0.4) is 0 Å². The van der Waals surface area contributed by atoms with Crippen molar-refractivity contribution in [2.24, 2.45) is 0 Å². The van der Waals surface area contributed by atoms with Crippen LogP contribution < -0.4 is 10.6 Å². The predicted molar refractivity (Wildman–Crippen MR) is 77.1 cm³/mol. The van der Waals surface area contributed by atoms with Crippen molar-refractivity contribution >= 4 is 22.4 Å². The molecular formula is C14H17N3S. The molecule has 0 saturated heterocycles. The van der Waals surface area contributed by atoms with E-state index in [0.717, 1.165) is 12.4 Å². The van der Waals surface area contributed by atoms with Gasteiger partial charge in [0.1, 0.15) is 10.8 Å². The zero-order chi connectivity index (χ0) is 12.5. The Morgan fingerprint density at radius 2 is 2.06 bits per heavy atom. The van der Waals surface area contributed by atoms with Crippen LogP contribution in [0, 0.1) is 0 Å². The van der Waals surface area contributed by atoms with E-state index >= 15 is 0 Å². The lowest BCUT2D eigenvalue weighted by Crippen LogP contribution is -2.16. The summed E-state index contributed by atoms with van der Waals surface area (Å²) in [7, 11) is 2.12. The second-order valence-electron chi connectivity index (χ2n) is 4.90. The van der Waals surface area contributed by atoms with Gasteiger partial charge in [-0.25, -0.2) is 0 Å². The molecule has 1 aliphatic carbocycles. The van der Waals surface area contributed by atoms with Crippen LogP contribution in [0.5, 0.6) is 0 Å². The first-order valence-corrected chi connectivity index (χ1v) is 7.03. The molecule has 0 unspecified atom stereocenters. The lowest BCUT2D eigenvalue weighted by molar-refractivity contribution is 0.921. The number of nitrogens with zero attached hydrogens (tertiary/aromatic N) is 2. The Bertz CT molecular complexity index is 531.